The van der Waals surface area contributed by atoms with Gasteiger partial charge >= 0.3 is 0 Å². The van der Waals surface area contributed by atoms with Gasteiger partial charge in [-0.1, -0.05) is 26.0 Å². The fraction of sp³-hybridized carbons (Fsp3) is 0.300. The van der Waals surface area contributed by atoms with Crippen LogP contribution >= 0.6 is 11.8 Å². The number of anilines is 2. The van der Waals surface area contributed by atoms with Gasteiger partial charge in [-0.05, 0) is 41.5 Å². The smallest absolute Gasteiger partial charge is 0.231 e. The molecule has 0 aliphatic carbocycles. The quantitative estimate of drug-likeness (QED) is 0.829. The van der Waals surface area contributed by atoms with Crippen molar-refractivity contribution in [3.05, 3.63) is 53.6 Å². The number of nitrogens with zero attached hydrogens (tertiary/aromatic N) is 1. The number of hydrogen-bond donors (Lipinski definition) is 1. The Morgan fingerprint density at radius 2 is 1.92 bits per heavy atom. The van der Waals surface area contributed by atoms with E-state index in [0.29, 0.717) is 18.1 Å². The van der Waals surface area contributed by atoms with E-state index in [4.69, 9.17) is 0 Å². The highest BCUT2D eigenvalue weighted by Gasteiger charge is 2.24. The molecular weight excluding hydrogens is 332 g/mol. The van der Waals surface area contributed by atoms with E-state index in [-0.39, 0.29) is 11.8 Å². The van der Waals surface area contributed by atoms with Crippen LogP contribution in [-0.4, -0.2) is 24.1 Å². The number of carbonyl (C=O) groups is 2. The fourth-order valence-electron chi connectivity index (χ4n) is 2.90. The van der Waals surface area contributed by atoms with Crippen LogP contribution < -0.4 is 10.2 Å². The first-order chi connectivity index (χ1) is 11.9. The van der Waals surface area contributed by atoms with Crippen molar-refractivity contribution in [2.75, 3.05) is 17.3 Å². The number of nitrogens with one attached hydrogen (secondary N) is 1. The van der Waals surface area contributed by atoms with E-state index in [1.807, 2.05) is 42.1 Å². The van der Waals surface area contributed by atoms with Crippen molar-refractivity contribution in [3.8, 4) is 0 Å². The molecule has 25 heavy (non-hydrogen) atoms. The summed E-state index contributed by atoms with van der Waals surface area (Å²) in [4.78, 5) is 26.9. The lowest BCUT2D eigenvalue weighted by Gasteiger charge is -2.11. The van der Waals surface area contributed by atoms with E-state index < -0.39 is 0 Å². The Morgan fingerprint density at radius 1 is 1.20 bits per heavy atom. The van der Waals surface area contributed by atoms with Crippen molar-refractivity contribution in [1.82, 2.24) is 0 Å². The summed E-state index contributed by atoms with van der Waals surface area (Å²) in [5.41, 5.74) is 3.60. The Morgan fingerprint density at radius 3 is 2.60 bits per heavy atom. The summed E-state index contributed by atoms with van der Waals surface area (Å²) in [5, 5.41) is 3.46. The summed E-state index contributed by atoms with van der Waals surface area (Å²) in [6, 6.07) is 13.7. The number of amides is 2. The third-order valence-electron chi connectivity index (χ3n) is 4.10. The number of rotatable bonds is 5. The molecule has 0 saturated carbocycles. The lowest BCUT2D eigenvalue weighted by atomic mass is 10.1. The third kappa shape index (κ3) is 4.23. The summed E-state index contributed by atoms with van der Waals surface area (Å²) in [7, 11) is 1.77. The van der Waals surface area contributed by atoms with E-state index in [0.717, 1.165) is 22.5 Å². The molecule has 0 fully saturated rings. The van der Waals surface area contributed by atoms with Crippen molar-refractivity contribution in [3.63, 3.8) is 0 Å². The highest BCUT2D eigenvalue weighted by Crippen LogP contribution is 2.30. The van der Waals surface area contributed by atoms with Gasteiger partial charge in [-0.25, -0.2) is 0 Å². The summed E-state index contributed by atoms with van der Waals surface area (Å²) in [6.07, 6.45) is 0.729. The molecule has 0 saturated heterocycles. The Balaban J connectivity index is 1.61. The molecule has 0 atom stereocenters. The van der Waals surface area contributed by atoms with Crippen LogP contribution in [0.15, 0.2) is 47.4 Å². The molecule has 2 amide bonds. The first-order valence-electron chi connectivity index (χ1n) is 8.37. The lowest BCUT2D eigenvalue weighted by Crippen LogP contribution is -2.20. The van der Waals surface area contributed by atoms with Crippen molar-refractivity contribution in [2.45, 2.75) is 36.8 Å². The van der Waals surface area contributed by atoms with Gasteiger partial charge in [0, 0.05) is 28.6 Å². The van der Waals surface area contributed by atoms with E-state index >= 15 is 0 Å². The highest BCUT2D eigenvalue weighted by atomic mass is 32.2. The normalized spacial score (nSPS) is 13.3. The molecule has 5 heteroatoms. The van der Waals surface area contributed by atoms with Crippen LogP contribution in [0.1, 0.15) is 25.0 Å². The molecule has 1 heterocycles. The molecule has 0 radical (unpaired) electrons. The summed E-state index contributed by atoms with van der Waals surface area (Å²) in [6.45, 7) is 4.32. The molecular formula is C20H22N2O2S. The number of benzene rings is 2. The Hall–Kier alpha value is -2.27. The number of likely N-dealkylation sites (N-methyl/N-ethyl adjacent to an activating group) is 1. The fourth-order valence-corrected chi connectivity index (χ4v) is 3.73. The third-order valence-corrected chi connectivity index (χ3v) is 5.12. The minimum absolute atomic E-state index is 0.0538. The number of thioether (sulfide) groups is 1. The van der Waals surface area contributed by atoms with Crippen molar-refractivity contribution in [2.24, 2.45) is 0 Å². The average molecular weight is 354 g/mol. The lowest BCUT2D eigenvalue weighted by molar-refractivity contribution is -0.117. The summed E-state index contributed by atoms with van der Waals surface area (Å²) < 4.78 is 0. The van der Waals surface area contributed by atoms with Gasteiger partial charge in [0.05, 0.1) is 12.8 Å². The highest BCUT2D eigenvalue weighted by molar-refractivity contribution is 7.99. The molecule has 2 aromatic carbocycles. The van der Waals surface area contributed by atoms with Gasteiger partial charge in [0.15, 0.2) is 0 Å². The second-order valence-electron chi connectivity index (χ2n) is 6.51. The minimum atomic E-state index is -0.0538. The molecule has 2 aromatic rings. The van der Waals surface area contributed by atoms with Gasteiger partial charge in [0.1, 0.15) is 0 Å². The zero-order valence-electron chi connectivity index (χ0n) is 14.7. The van der Waals surface area contributed by atoms with Crippen LogP contribution in [0, 0.1) is 0 Å². The number of fused-ring (bicyclic) bond motifs is 1. The van der Waals surface area contributed by atoms with Gasteiger partial charge in [-0.3, -0.25) is 9.59 Å². The predicted octanol–water partition coefficient (Wildman–Crippen LogP) is 3.89. The molecule has 0 bridgehead atoms. The van der Waals surface area contributed by atoms with Crippen molar-refractivity contribution >= 4 is 35.0 Å². The van der Waals surface area contributed by atoms with Crippen molar-refractivity contribution in [1.29, 1.82) is 0 Å². The predicted molar refractivity (Wildman–Crippen MR) is 103 cm³/mol. The van der Waals surface area contributed by atoms with Crippen LogP contribution in [0.5, 0.6) is 0 Å². The first-order valence-corrected chi connectivity index (χ1v) is 9.25. The standard InChI is InChI=1S/C20H22N2O2S/c1-13(2)25-17-7-4-14(5-8-17)10-19(23)21-16-6-9-18-15(11-16)12-20(24)22(18)3/h4-9,11,13H,10,12H2,1-3H3,(H,21,23). The molecule has 4 nitrogen and oxygen atoms in total. The maximum absolute atomic E-state index is 12.3. The molecule has 1 aliphatic heterocycles. The molecule has 0 aromatic heterocycles. The van der Waals surface area contributed by atoms with Crippen LogP contribution in [0.2, 0.25) is 0 Å². The van der Waals surface area contributed by atoms with E-state index in [2.05, 4.69) is 31.3 Å². The number of hydrogen-bond acceptors (Lipinski definition) is 3. The second-order valence-corrected chi connectivity index (χ2v) is 8.16. The van der Waals surface area contributed by atoms with Crippen LogP contribution in [-0.2, 0) is 22.4 Å². The molecule has 3 rings (SSSR count). The Labute approximate surface area is 152 Å². The van der Waals surface area contributed by atoms with Gasteiger partial charge < -0.3 is 10.2 Å². The minimum Gasteiger partial charge on any atom is -0.326 e. The zero-order chi connectivity index (χ0) is 18.0. The van der Waals surface area contributed by atoms with Gasteiger partial charge in [0.2, 0.25) is 11.8 Å². The first kappa shape index (κ1) is 17.5. The van der Waals surface area contributed by atoms with Gasteiger partial charge in [-0.15, -0.1) is 11.8 Å². The van der Waals surface area contributed by atoms with Gasteiger partial charge in [0.25, 0.3) is 0 Å². The zero-order valence-corrected chi connectivity index (χ0v) is 15.5. The van der Waals surface area contributed by atoms with Crippen LogP contribution in [0.25, 0.3) is 0 Å². The second kappa shape index (κ2) is 7.31. The van der Waals surface area contributed by atoms with E-state index in [1.165, 1.54) is 4.90 Å². The maximum Gasteiger partial charge on any atom is 0.231 e. The van der Waals surface area contributed by atoms with Crippen molar-refractivity contribution < 1.29 is 9.59 Å². The Bertz CT molecular complexity index is 800. The van der Waals surface area contributed by atoms with Gasteiger partial charge in [-0.2, -0.15) is 0 Å². The van der Waals surface area contributed by atoms with Crippen LogP contribution in [0.4, 0.5) is 11.4 Å². The summed E-state index contributed by atoms with van der Waals surface area (Å²) in [5.74, 6) is 0.0275. The average Bonchev–Trinajstić information content (AvgIpc) is 2.83. The Kier molecular flexibility index (Phi) is 5.13. The monoisotopic (exact) mass is 354 g/mol. The molecule has 1 N–H and O–H groups in total. The molecule has 0 unspecified atom stereocenters. The SMILES string of the molecule is CC(C)Sc1ccc(CC(=O)Nc2ccc3c(c2)CC(=O)N3C)cc1. The topological polar surface area (TPSA) is 49.4 Å². The summed E-state index contributed by atoms with van der Waals surface area (Å²) >= 11 is 1.81. The maximum atomic E-state index is 12.3. The molecule has 0 spiro atoms. The van der Waals surface area contributed by atoms with E-state index in [1.54, 1.807) is 11.9 Å². The molecule has 130 valence electrons. The molecule has 1 aliphatic rings. The van der Waals surface area contributed by atoms with Crippen LogP contribution in [0.3, 0.4) is 0 Å². The largest absolute Gasteiger partial charge is 0.326 e. The van der Waals surface area contributed by atoms with E-state index in [9.17, 15) is 9.59 Å². The number of carbonyl (C=O) groups excluding carboxylic acids is 2.